The molecule has 2 N–H and O–H groups in total. The molecule has 0 aromatic heterocycles. The maximum atomic E-state index is 11.5. The number of quaternary nitrogens is 1. The van der Waals surface area contributed by atoms with Crippen molar-refractivity contribution in [2.75, 3.05) is 0 Å². The third-order valence-electron chi connectivity index (χ3n) is 4.36. The number of benzene rings is 1. The summed E-state index contributed by atoms with van der Waals surface area (Å²) >= 11 is 0.498. The summed E-state index contributed by atoms with van der Waals surface area (Å²) in [4.78, 5) is 34.3. The van der Waals surface area contributed by atoms with Crippen molar-refractivity contribution >= 4 is 29.7 Å². The summed E-state index contributed by atoms with van der Waals surface area (Å²) in [5.74, 6) is -2.27. The first-order chi connectivity index (χ1) is 11.2. The van der Waals surface area contributed by atoms with Crippen LogP contribution in [0.4, 0.5) is 0 Å². The molecule has 2 atom stereocenters. The molecule has 0 aliphatic carbocycles. The van der Waals surface area contributed by atoms with E-state index >= 15 is 0 Å². The fourth-order valence-electron chi connectivity index (χ4n) is 3.00. The standard InChI is InChI=1S/C15H15N2O6S/c18-12-5-6-15(16-12,14(20)21)8-9-1-3-10(4-2-9)11-7-13(19)17(22,23)24-11/h1-4,11H,5-8H2,(H,16,18)(H,20,21)/q-1. The Labute approximate surface area is 141 Å². The average Bonchev–Trinajstić information content (AvgIpc) is 3.01. The van der Waals surface area contributed by atoms with Gasteiger partial charge in [0.05, 0.1) is 23.6 Å². The lowest BCUT2D eigenvalue weighted by atomic mass is 9.89. The number of rotatable bonds is 4. The molecule has 1 aromatic rings. The Morgan fingerprint density at radius 3 is 2.46 bits per heavy atom. The van der Waals surface area contributed by atoms with E-state index in [-0.39, 0.29) is 31.6 Å². The van der Waals surface area contributed by atoms with E-state index in [1.54, 1.807) is 24.3 Å². The lowest BCUT2D eigenvalue weighted by molar-refractivity contribution is -0.593. The molecule has 2 unspecified atom stereocenters. The first-order valence-corrected chi connectivity index (χ1v) is 8.22. The van der Waals surface area contributed by atoms with Crippen LogP contribution < -0.4 is 5.32 Å². The summed E-state index contributed by atoms with van der Waals surface area (Å²) in [7, 11) is 0. The van der Waals surface area contributed by atoms with E-state index in [9.17, 15) is 29.9 Å². The molecule has 2 amide bonds. The second-order valence-electron chi connectivity index (χ2n) is 6.04. The number of aliphatic carboxylic acids is 1. The zero-order chi connectivity index (χ0) is 17.5. The summed E-state index contributed by atoms with van der Waals surface area (Å²) < 4.78 is -2.18. The average molecular weight is 351 g/mol. The first-order valence-electron chi connectivity index (χ1n) is 7.38. The number of carbonyl (C=O) groups excluding carboxylic acids is 2. The molecule has 2 fully saturated rings. The number of hydroxylamine groups is 2. The van der Waals surface area contributed by atoms with Crippen LogP contribution in [0.1, 0.15) is 35.6 Å². The number of carboxylic acids is 1. The van der Waals surface area contributed by atoms with Crippen LogP contribution >= 0.6 is 11.9 Å². The Balaban J connectivity index is 1.74. The van der Waals surface area contributed by atoms with Crippen LogP contribution in [0.3, 0.4) is 0 Å². The van der Waals surface area contributed by atoms with Crippen LogP contribution in [-0.2, 0) is 20.8 Å². The Hall–Kier alpha value is -1.94. The van der Waals surface area contributed by atoms with Crippen molar-refractivity contribution in [3.63, 3.8) is 0 Å². The van der Waals surface area contributed by atoms with E-state index in [2.05, 4.69) is 5.32 Å². The molecular formula is C15H15N2O6S-. The minimum atomic E-state index is -2.18. The fourth-order valence-corrected chi connectivity index (χ4v) is 4.02. The van der Waals surface area contributed by atoms with Gasteiger partial charge in [0.2, 0.25) is 5.91 Å². The van der Waals surface area contributed by atoms with Crippen molar-refractivity contribution in [3.05, 3.63) is 45.8 Å². The number of nitrogens with zero attached hydrogens (tertiary/aromatic N) is 1. The van der Waals surface area contributed by atoms with Gasteiger partial charge in [-0.3, -0.25) is 9.01 Å². The SMILES string of the molecule is O=C1CCC(Cc2ccc(C3CC(=O)[N+]([O-])([O-])S3)cc2)(C(=O)O)N1. The Morgan fingerprint density at radius 1 is 1.33 bits per heavy atom. The zero-order valence-electron chi connectivity index (χ0n) is 12.6. The Morgan fingerprint density at radius 2 is 2.00 bits per heavy atom. The third kappa shape index (κ3) is 3.03. The van der Waals surface area contributed by atoms with Crippen LogP contribution in [-0.4, -0.2) is 32.6 Å². The highest BCUT2D eigenvalue weighted by Gasteiger charge is 2.44. The van der Waals surface area contributed by atoms with Gasteiger partial charge in [-0.25, -0.2) is 9.59 Å². The normalized spacial score (nSPS) is 28.8. The quantitative estimate of drug-likeness (QED) is 0.476. The van der Waals surface area contributed by atoms with E-state index in [4.69, 9.17) is 0 Å². The smallest absolute Gasteiger partial charge is 0.329 e. The lowest BCUT2D eigenvalue weighted by Gasteiger charge is -2.36. The van der Waals surface area contributed by atoms with Gasteiger partial charge in [-0.05, 0) is 17.5 Å². The molecule has 1 aromatic carbocycles. The Kier molecular flexibility index (Phi) is 4.12. The van der Waals surface area contributed by atoms with Gasteiger partial charge in [-0.1, -0.05) is 24.3 Å². The maximum Gasteiger partial charge on any atom is 0.329 e. The zero-order valence-corrected chi connectivity index (χ0v) is 13.4. The molecule has 24 heavy (non-hydrogen) atoms. The van der Waals surface area contributed by atoms with Crippen LogP contribution in [0.15, 0.2) is 24.3 Å². The van der Waals surface area contributed by atoms with Crippen molar-refractivity contribution in [2.45, 2.75) is 36.5 Å². The van der Waals surface area contributed by atoms with Gasteiger partial charge in [0, 0.05) is 12.8 Å². The number of amides is 2. The second kappa shape index (κ2) is 5.85. The number of hydrogen-bond donors (Lipinski definition) is 2. The maximum absolute atomic E-state index is 11.5. The molecule has 2 aliphatic heterocycles. The number of hydrogen-bond acceptors (Lipinski definition) is 6. The van der Waals surface area contributed by atoms with Gasteiger partial charge in [-0.2, -0.15) is 0 Å². The highest BCUT2D eigenvalue weighted by molar-refractivity contribution is 7.94. The molecule has 0 bridgehead atoms. The van der Waals surface area contributed by atoms with Crippen molar-refractivity contribution < 1.29 is 23.7 Å². The van der Waals surface area contributed by atoms with E-state index in [1.165, 1.54) is 0 Å². The van der Waals surface area contributed by atoms with Gasteiger partial charge < -0.3 is 20.8 Å². The van der Waals surface area contributed by atoms with E-state index in [1.807, 2.05) is 0 Å². The molecule has 8 nitrogen and oxygen atoms in total. The minimum absolute atomic E-state index is 0.119. The molecule has 9 heteroatoms. The van der Waals surface area contributed by atoms with Crippen molar-refractivity contribution in [1.82, 2.24) is 5.32 Å². The first kappa shape index (κ1) is 16.9. The van der Waals surface area contributed by atoms with Gasteiger partial charge >= 0.3 is 11.9 Å². The summed E-state index contributed by atoms with van der Waals surface area (Å²) in [6, 6.07) is 6.74. The number of carbonyl (C=O) groups is 3. The summed E-state index contributed by atoms with van der Waals surface area (Å²) in [6.45, 7) is 0. The van der Waals surface area contributed by atoms with Crippen molar-refractivity contribution in [1.29, 1.82) is 0 Å². The molecule has 0 saturated carbocycles. The Bertz CT molecular complexity index is 704. The molecule has 128 valence electrons. The number of carboxylic acid groups (broad SMARTS) is 1. The van der Waals surface area contributed by atoms with Crippen LogP contribution in [0, 0.1) is 10.4 Å². The molecular weight excluding hydrogens is 336 g/mol. The van der Waals surface area contributed by atoms with Gasteiger partial charge in [0.25, 0.3) is 0 Å². The van der Waals surface area contributed by atoms with Gasteiger partial charge in [0.15, 0.2) is 0 Å². The lowest BCUT2D eigenvalue weighted by Crippen LogP contribution is -2.50. The van der Waals surface area contributed by atoms with Crippen LogP contribution in [0.2, 0.25) is 0 Å². The van der Waals surface area contributed by atoms with Crippen molar-refractivity contribution in [2.24, 2.45) is 0 Å². The highest BCUT2D eigenvalue weighted by Crippen LogP contribution is 2.46. The molecule has 2 heterocycles. The molecule has 2 aliphatic rings. The van der Waals surface area contributed by atoms with Gasteiger partial charge in [0.1, 0.15) is 5.54 Å². The van der Waals surface area contributed by atoms with Crippen molar-refractivity contribution in [3.8, 4) is 0 Å². The third-order valence-corrected chi connectivity index (χ3v) is 5.53. The van der Waals surface area contributed by atoms with Crippen LogP contribution in [0.5, 0.6) is 0 Å². The number of nitrogens with one attached hydrogen (secondary N) is 1. The van der Waals surface area contributed by atoms with Crippen LogP contribution in [0.25, 0.3) is 0 Å². The highest BCUT2D eigenvalue weighted by atomic mass is 32.2. The van der Waals surface area contributed by atoms with E-state index in [0.717, 1.165) is 0 Å². The topological polar surface area (TPSA) is 130 Å². The molecule has 2 saturated heterocycles. The summed E-state index contributed by atoms with van der Waals surface area (Å²) in [6.07, 6.45) is 0.431. The second-order valence-corrected chi connectivity index (χ2v) is 7.30. The minimum Gasteiger partial charge on any atom is -0.612 e. The van der Waals surface area contributed by atoms with Gasteiger partial charge in [-0.15, -0.1) is 0 Å². The molecule has 0 radical (unpaired) electrons. The molecule has 0 spiro atoms. The largest absolute Gasteiger partial charge is 0.612 e. The monoisotopic (exact) mass is 351 g/mol. The predicted molar refractivity (Wildman–Crippen MR) is 84.8 cm³/mol. The summed E-state index contributed by atoms with van der Waals surface area (Å²) in [5.41, 5.74) is 0.0820. The summed E-state index contributed by atoms with van der Waals surface area (Å²) in [5, 5.41) is 34.2. The van der Waals surface area contributed by atoms with E-state index in [0.29, 0.717) is 23.1 Å². The predicted octanol–water partition coefficient (Wildman–Crippen LogP) is 1.39. The fraction of sp³-hybridized carbons (Fsp3) is 0.400. The van der Waals surface area contributed by atoms with E-state index < -0.39 is 26.9 Å². The molecule has 3 rings (SSSR count).